The van der Waals surface area contributed by atoms with Crippen LogP contribution in [0.5, 0.6) is 0 Å². The van der Waals surface area contributed by atoms with E-state index in [-0.39, 0.29) is 0 Å². The molecule has 0 amide bonds. The molecule has 1 saturated heterocycles. The number of hydrogen-bond acceptors (Lipinski definition) is 2. The SMILES string of the molecule is NC(=S)CCCN1CC2CCCC2C1. The van der Waals surface area contributed by atoms with E-state index in [2.05, 4.69) is 4.90 Å². The van der Waals surface area contributed by atoms with Gasteiger partial charge in [-0.2, -0.15) is 0 Å². The normalized spacial score (nSPS) is 32.0. The molecule has 80 valence electrons. The lowest BCUT2D eigenvalue weighted by Crippen LogP contribution is -2.24. The smallest absolute Gasteiger partial charge is 0.0727 e. The lowest BCUT2D eigenvalue weighted by molar-refractivity contribution is 0.309. The van der Waals surface area contributed by atoms with Gasteiger partial charge in [-0.05, 0) is 44.1 Å². The second kappa shape index (κ2) is 4.58. The lowest BCUT2D eigenvalue weighted by Gasteiger charge is -2.15. The van der Waals surface area contributed by atoms with E-state index < -0.39 is 0 Å². The summed E-state index contributed by atoms with van der Waals surface area (Å²) >= 11 is 4.88. The maximum atomic E-state index is 5.48. The molecule has 2 nitrogen and oxygen atoms in total. The van der Waals surface area contributed by atoms with Crippen LogP contribution in [0.15, 0.2) is 0 Å². The van der Waals surface area contributed by atoms with E-state index in [0.717, 1.165) is 24.7 Å². The van der Waals surface area contributed by atoms with Crippen LogP contribution in [0.2, 0.25) is 0 Å². The largest absolute Gasteiger partial charge is 0.393 e. The molecule has 2 fully saturated rings. The fraction of sp³-hybridized carbons (Fsp3) is 0.909. The summed E-state index contributed by atoms with van der Waals surface area (Å²) in [7, 11) is 0. The van der Waals surface area contributed by atoms with Gasteiger partial charge in [0.25, 0.3) is 0 Å². The van der Waals surface area contributed by atoms with Crippen LogP contribution in [0.4, 0.5) is 0 Å². The van der Waals surface area contributed by atoms with Crippen LogP contribution in [0.3, 0.4) is 0 Å². The third-order valence-electron chi connectivity index (χ3n) is 3.70. The molecule has 1 saturated carbocycles. The first-order valence-corrected chi connectivity index (χ1v) is 6.17. The topological polar surface area (TPSA) is 29.3 Å². The van der Waals surface area contributed by atoms with Crippen molar-refractivity contribution in [3.63, 3.8) is 0 Å². The molecule has 1 aliphatic heterocycles. The van der Waals surface area contributed by atoms with Gasteiger partial charge >= 0.3 is 0 Å². The Morgan fingerprint density at radius 3 is 2.50 bits per heavy atom. The number of fused-ring (bicyclic) bond motifs is 1. The summed E-state index contributed by atoms with van der Waals surface area (Å²) in [6.45, 7) is 3.87. The van der Waals surface area contributed by atoms with E-state index in [0.29, 0.717) is 4.99 Å². The number of hydrogen-bond donors (Lipinski definition) is 1. The van der Waals surface area contributed by atoms with Crippen molar-refractivity contribution < 1.29 is 0 Å². The Morgan fingerprint density at radius 2 is 1.93 bits per heavy atom. The predicted octanol–water partition coefficient (Wildman–Crippen LogP) is 1.78. The molecule has 2 aliphatic rings. The molecule has 1 heterocycles. The highest BCUT2D eigenvalue weighted by atomic mass is 32.1. The molecular weight excluding hydrogens is 192 g/mol. The molecule has 0 bridgehead atoms. The average molecular weight is 212 g/mol. The Morgan fingerprint density at radius 1 is 1.29 bits per heavy atom. The van der Waals surface area contributed by atoms with E-state index in [1.807, 2.05) is 0 Å². The molecule has 0 spiro atoms. The van der Waals surface area contributed by atoms with Gasteiger partial charge in [0.2, 0.25) is 0 Å². The van der Waals surface area contributed by atoms with Crippen LogP contribution in [0, 0.1) is 11.8 Å². The van der Waals surface area contributed by atoms with Crippen molar-refractivity contribution >= 4 is 17.2 Å². The van der Waals surface area contributed by atoms with Gasteiger partial charge < -0.3 is 10.6 Å². The predicted molar refractivity (Wildman–Crippen MR) is 63.3 cm³/mol. The second-order valence-electron chi connectivity index (χ2n) is 4.78. The highest BCUT2D eigenvalue weighted by Gasteiger charge is 2.35. The van der Waals surface area contributed by atoms with Crippen LogP contribution in [-0.2, 0) is 0 Å². The summed E-state index contributed by atoms with van der Waals surface area (Å²) in [5.74, 6) is 2.03. The number of nitrogens with two attached hydrogens (primary N) is 1. The highest BCUT2D eigenvalue weighted by Crippen LogP contribution is 2.37. The minimum absolute atomic E-state index is 0.671. The summed E-state index contributed by atoms with van der Waals surface area (Å²) in [4.78, 5) is 3.27. The maximum absolute atomic E-state index is 5.48. The zero-order valence-electron chi connectivity index (χ0n) is 8.74. The number of nitrogens with zero attached hydrogens (tertiary/aromatic N) is 1. The van der Waals surface area contributed by atoms with E-state index >= 15 is 0 Å². The summed E-state index contributed by atoms with van der Waals surface area (Å²) in [5, 5.41) is 0. The first-order valence-electron chi connectivity index (χ1n) is 5.76. The Bertz CT molecular complexity index is 205. The van der Waals surface area contributed by atoms with Gasteiger partial charge in [0.1, 0.15) is 0 Å². The molecule has 2 N–H and O–H groups in total. The molecule has 0 aromatic rings. The first kappa shape index (κ1) is 10.4. The fourth-order valence-electron chi connectivity index (χ4n) is 2.99. The molecule has 2 unspecified atom stereocenters. The van der Waals surface area contributed by atoms with E-state index in [4.69, 9.17) is 18.0 Å². The Kier molecular flexibility index (Phi) is 3.39. The first-order chi connectivity index (χ1) is 6.75. The minimum Gasteiger partial charge on any atom is -0.393 e. The van der Waals surface area contributed by atoms with Crippen LogP contribution < -0.4 is 5.73 Å². The van der Waals surface area contributed by atoms with Crippen molar-refractivity contribution in [3.8, 4) is 0 Å². The summed E-state index contributed by atoms with van der Waals surface area (Å²) in [5.41, 5.74) is 5.48. The van der Waals surface area contributed by atoms with Crippen LogP contribution in [-0.4, -0.2) is 29.5 Å². The lowest BCUT2D eigenvalue weighted by atomic mass is 10.0. The zero-order chi connectivity index (χ0) is 9.97. The van der Waals surface area contributed by atoms with Gasteiger partial charge in [0.05, 0.1) is 4.99 Å². The Labute approximate surface area is 91.8 Å². The van der Waals surface area contributed by atoms with Gasteiger partial charge in [0, 0.05) is 13.1 Å². The summed E-state index contributed by atoms with van der Waals surface area (Å²) < 4.78 is 0. The molecule has 2 rings (SSSR count). The van der Waals surface area contributed by atoms with Crippen molar-refractivity contribution in [2.24, 2.45) is 17.6 Å². The molecule has 1 aliphatic carbocycles. The molecule has 0 aromatic heterocycles. The van der Waals surface area contributed by atoms with Crippen LogP contribution in [0.25, 0.3) is 0 Å². The zero-order valence-corrected chi connectivity index (χ0v) is 9.56. The molecule has 0 radical (unpaired) electrons. The third kappa shape index (κ3) is 2.45. The van der Waals surface area contributed by atoms with E-state index in [1.54, 1.807) is 0 Å². The molecule has 0 aromatic carbocycles. The van der Waals surface area contributed by atoms with Crippen molar-refractivity contribution in [1.29, 1.82) is 0 Å². The second-order valence-corrected chi connectivity index (χ2v) is 5.30. The van der Waals surface area contributed by atoms with Crippen LogP contribution in [0.1, 0.15) is 32.1 Å². The standard InChI is InChI=1S/C11H20N2S/c12-11(14)5-2-6-13-7-9-3-1-4-10(9)8-13/h9-10H,1-8H2,(H2,12,14). The Balaban J connectivity index is 1.66. The molecule has 14 heavy (non-hydrogen) atoms. The third-order valence-corrected chi connectivity index (χ3v) is 3.90. The van der Waals surface area contributed by atoms with Gasteiger partial charge in [-0.15, -0.1) is 0 Å². The van der Waals surface area contributed by atoms with E-state index in [1.165, 1.54) is 38.9 Å². The number of rotatable bonds is 4. The van der Waals surface area contributed by atoms with E-state index in [9.17, 15) is 0 Å². The summed E-state index contributed by atoms with van der Waals surface area (Å²) in [6.07, 6.45) is 6.47. The van der Waals surface area contributed by atoms with Gasteiger partial charge in [-0.25, -0.2) is 0 Å². The van der Waals surface area contributed by atoms with Gasteiger partial charge in [-0.1, -0.05) is 18.6 Å². The maximum Gasteiger partial charge on any atom is 0.0727 e. The van der Waals surface area contributed by atoms with Gasteiger partial charge in [-0.3, -0.25) is 0 Å². The van der Waals surface area contributed by atoms with Crippen molar-refractivity contribution in [2.45, 2.75) is 32.1 Å². The monoisotopic (exact) mass is 212 g/mol. The van der Waals surface area contributed by atoms with Gasteiger partial charge in [0.15, 0.2) is 0 Å². The minimum atomic E-state index is 0.671. The fourth-order valence-corrected chi connectivity index (χ4v) is 3.14. The number of thiocarbonyl (C=S) groups is 1. The van der Waals surface area contributed by atoms with Crippen molar-refractivity contribution in [1.82, 2.24) is 4.90 Å². The summed E-state index contributed by atoms with van der Waals surface area (Å²) in [6, 6.07) is 0. The quantitative estimate of drug-likeness (QED) is 0.720. The number of likely N-dealkylation sites (tertiary alicyclic amines) is 1. The highest BCUT2D eigenvalue weighted by molar-refractivity contribution is 7.80. The van der Waals surface area contributed by atoms with Crippen LogP contribution >= 0.6 is 12.2 Å². The average Bonchev–Trinajstić information content (AvgIpc) is 2.62. The molecule has 2 atom stereocenters. The Hall–Kier alpha value is -0.150. The molecule has 3 heteroatoms. The molecular formula is C11H20N2S. The van der Waals surface area contributed by atoms with Crippen molar-refractivity contribution in [2.75, 3.05) is 19.6 Å². The van der Waals surface area contributed by atoms with Crippen molar-refractivity contribution in [3.05, 3.63) is 0 Å².